The number of nitriles is 1. The van der Waals surface area contributed by atoms with E-state index >= 15 is 0 Å². The minimum atomic E-state index is -4.44. The molecule has 0 amide bonds. The molecule has 64 heteroatoms. The highest BCUT2D eigenvalue weighted by Crippen LogP contribution is 2.64. The second-order valence-corrected chi connectivity index (χ2v) is 46.9. The third kappa shape index (κ3) is 21.2. The Kier molecular flexibility index (Phi) is 33.1. The van der Waals surface area contributed by atoms with Crippen molar-refractivity contribution in [1.82, 2.24) is 0 Å². The van der Waals surface area contributed by atoms with Crippen LogP contribution in [0.5, 0.6) is 0 Å². The number of nitrogens with zero attached hydrogens (tertiary/aromatic N) is 2. The maximum absolute atomic E-state index is 12.7. The second-order valence-electron chi connectivity index (χ2n) is 36.6. The van der Waals surface area contributed by atoms with Crippen LogP contribution in [0.2, 0.25) is 0 Å². The molecule has 18 aliphatic heterocycles. The Labute approximate surface area is 846 Å². The van der Waals surface area contributed by atoms with Gasteiger partial charge < -0.3 is 109 Å². The van der Waals surface area contributed by atoms with E-state index in [0.29, 0.717) is 6.42 Å². The van der Waals surface area contributed by atoms with Gasteiger partial charge in [-0.2, -0.15) is 55.8 Å². The summed E-state index contributed by atoms with van der Waals surface area (Å²) in [5.74, 6) is -12.0. The first kappa shape index (κ1) is 114. The first-order valence-corrected chi connectivity index (χ1v) is 53.0. The van der Waals surface area contributed by atoms with Crippen molar-refractivity contribution in [2.75, 3.05) is 66.6 Å². The lowest BCUT2D eigenvalue weighted by molar-refractivity contribution is -0.169. The zero-order valence-electron chi connectivity index (χ0n) is 79.4. The summed E-state index contributed by atoms with van der Waals surface area (Å²) in [6.45, 7) is 33.6. The van der Waals surface area contributed by atoms with E-state index in [4.69, 9.17) is 107 Å². The van der Waals surface area contributed by atoms with Crippen LogP contribution in [0.25, 0.3) is 4.85 Å². The maximum atomic E-state index is 12.7. The average molecular weight is 2230 g/mol. The predicted octanol–water partition coefficient (Wildman–Crippen LogP) is -5.29. The standard InChI is InChI=1S/C18H22O12S.2C14H16O10S.2C13H13NO8S.C13H16O8S/c1-11(2)16(22)27-8-13(21)28-14-15-18(4-6-26-10-20)12(29-31(15,23)24)7-17(14,30-18)3-5-25-9-19;1-6(2)12(16)21-5-9(15)23-10-7-4-8-11(22-7)14(10,13(17)20-3)25(18,19)24-8;1-6(2)14(17)21-4-8(16)22-11-9-7(3-20-5-15)10-12(23-9)13(11)25(18,19)24-10;1-6(2)12(16)19-4-9(15)21-10-7-3-8-11(20-7)13(10,5-14)23(17,18)22-8;1-5(2)13(16)19-4-6(15)20-10-8-7(14-3)9-11(21-8)12(10)23(17,18)22-9;1-6(2)12(15)18-5-8(14)20-9-7-4-13(3)11(19-7)10(9)22(16,17)21-13/h9-10,12,14-15H,1,3-8H2,2H3;7-8,10-11H,1,4-5H2,2-3H3;5,7,9-13H,1,3-4H2,2H3;7-8,10-11H,1,3-4H2,2H3;7-12H,1,4H2,2H3;7,9-11H,1,4-5H2,2-3H3. The van der Waals surface area contributed by atoms with E-state index in [0.717, 1.165) is 7.11 Å². The SMILES string of the molecule is C=C(C)C(=O)OCC(=O)OC1C2C3(CCOC=O)OC1(CCOC=O)CC3OS2(=O)=O.C=C(C)C(=O)OCC(=O)OC1C2CC3(C)OS(=O)(=O)C1C3O2.C=C(C)C(=O)OCC(=O)OC1C2CC3OS(=O)(=O)C1(C#N)C3O2.C=C(C)C(=O)OCC(=O)OC1C2CC3OS(=O)(=O)C1(C(=O)OC)C3O2.C=C(C)C(=O)OCC(=O)OC1C2OC3C(OS(=O)(=O)C13)C2COC=O.[C-]#[N+]C1C2OC3C1OS(=O)(=O)C3C2OC(=O)COC(=O)C(=C)C. The maximum Gasteiger partial charge on any atom is 0.344 e. The Morgan fingerprint density at radius 1 is 0.423 bits per heavy atom. The van der Waals surface area contributed by atoms with Gasteiger partial charge in [0, 0.05) is 72.0 Å². The summed E-state index contributed by atoms with van der Waals surface area (Å²) in [7, 11) is -23.7. The van der Waals surface area contributed by atoms with E-state index in [9.17, 15) is 132 Å². The van der Waals surface area contributed by atoms with Crippen LogP contribution < -0.4 is 0 Å². The highest BCUT2D eigenvalue weighted by molar-refractivity contribution is 7.90. The van der Waals surface area contributed by atoms with E-state index in [1.165, 1.54) is 41.5 Å². The van der Waals surface area contributed by atoms with Gasteiger partial charge in [0.2, 0.25) is 0 Å². The lowest BCUT2D eigenvalue weighted by atomic mass is 9.75. The van der Waals surface area contributed by atoms with Gasteiger partial charge in [0.15, 0.2) is 103 Å². The number of esters is 13. The lowest BCUT2D eigenvalue weighted by Crippen LogP contribution is -2.61. The van der Waals surface area contributed by atoms with Crippen LogP contribution in [0, 0.1) is 23.8 Å². The molecular formula is C85H96N2O56S6. The monoisotopic (exact) mass is 2230 g/mol. The molecule has 18 aliphatic rings. The molecule has 18 saturated heterocycles. The zero-order valence-corrected chi connectivity index (χ0v) is 84.3. The molecule has 0 aromatic carbocycles. The lowest BCUT2D eigenvalue weighted by Gasteiger charge is -2.33. The predicted molar refractivity (Wildman–Crippen MR) is 467 cm³/mol. The van der Waals surface area contributed by atoms with Crippen molar-refractivity contribution in [2.24, 2.45) is 5.92 Å². The van der Waals surface area contributed by atoms with Crippen molar-refractivity contribution in [2.45, 2.75) is 269 Å². The number of methoxy groups -OCH3 is 1. The fourth-order valence-corrected chi connectivity index (χ4v) is 31.8. The van der Waals surface area contributed by atoms with E-state index in [1.54, 1.807) is 13.0 Å². The summed E-state index contributed by atoms with van der Waals surface area (Å²) in [6.07, 6.45) is -18.8. The summed E-state index contributed by atoms with van der Waals surface area (Å²) in [4.78, 5) is 186. The van der Waals surface area contributed by atoms with Crippen molar-refractivity contribution in [1.29, 1.82) is 5.26 Å². The average Bonchev–Trinajstić information content (AvgIpc) is 1.46. The molecule has 18 fully saturated rings. The minimum absolute atomic E-state index is 0.0186. The van der Waals surface area contributed by atoms with Crippen LogP contribution in [0.3, 0.4) is 0 Å². The van der Waals surface area contributed by atoms with Crippen LogP contribution >= 0.6 is 0 Å². The molecule has 818 valence electrons. The van der Waals surface area contributed by atoms with Gasteiger partial charge in [0.05, 0.1) is 45.0 Å². The topological polar surface area (TPSA) is 765 Å². The summed E-state index contributed by atoms with van der Waals surface area (Å²) in [5, 5.41) is 4.66. The van der Waals surface area contributed by atoms with Gasteiger partial charge in [0.25, 0.3) is 95.7 Å². The normalized spacial score (nSPS) is 37.3. The van der Waals surface area contributed by atoms with Crippen LogP contribution in [-0.2, 0) is 267 Å². The molecule has 149 heavy (non-hydrogen) atoms. The Morgan fingerprint density at radius 3 is 1.29 bits per heavy atom. The number of rotatable bonds is 36. The van der Waals surface area contributed by atoms with Crippen LogP contribution in [-0.4, -0.2) is 396 Å². The second kappa shape index (κ2) is 43.1. The van der Waals surface area contributed by atoms with Crippen molar-refractivity contribution in [3.05, 3.63) is 84.3 Å². The summed E-state index contributed by atoms with van der Waals surface area (Å²) < 4.78 is 285. The van der Waals surface area contributed by atoms with Gasteiger partial charge >= 0.3 is 77.6 Å². The Bertz CT molecular complexity index is 6420. The quantitative estimate of drug-likeness (QED) is 0.0108. The summed E-state index contributed by atoms with van der Waals surface area (Å²) in [6, 6.07) is 0.835. The van der Waals surface area contributed by atoms with E-state index in [-0.39, 0.29) is 105 Å². The number of carbonyl (C=O) groups is 16. The molecule has 0 saturated carbocycles. The molecule has 0 aromatic heterocycles. The van der Waals surface area contributed by atoms with Crippen molar-refractivity contribution in [3.8, 4) is 6.07 Å². The number of fused-ring (bicyclic) bond motifs is 6. The molecule has 0 radical (unpaired) electrons. The van der Waals surface area contributed by atoms with E-state index in [2.05, 4.69) is 72.7 Å². The molecule has 32 unspecified atom stereocenters. The van der Waals surface area contributed by atoms with Gasteiger partial charge in [-0.25, -0.2) is 68.9 Å². The van der Waals surface area contributed by atoms with Crippen molar-refractivity contribution < 1.29 is 257 Å². The van der Waals surface area contributed by atoms with Gasteiger partial charge in [-0.05, 0) is 48.5 Å². The minimum Gasteiger partial charge on any atom is -0.468 e. The molecule has 0 aliphatic carbocycles. The van der Waals surface area contributed by atoms with E-state index < -0.39 is 365 Å². The molecule has 32 atom stereocenters. The highest BCUT2D eigenvalue weighted by atomic mass is 32.2. The first-order valence-electron chi connectivity index (χ1n) is 44.3. The van der Waals surface area contributed by atoms with Gasteiger partial charge in [-0.15, -0.1) is 0 Å². The number of ether oxygens (including phenoxy) is 22. The number of hydrogen-bond acceptors (Lipinski definition) is 57. The van der Waals surface area contributed by atoms with Gasteiger partial charge in [-0.3, -0.25) is 39.5 Å². The summed E-state index contributed by atoms with van der Waals surface area (Å²) in [5.41, 5.74) is -3.00. The van der Waals surface area contributed by atoms with Crippen LogP contribution in [0.15, 0.2) is 72.9 Å². The van der Waals surface area contributed by atoms with Crippen LogP contribution in [0.4, 0.5) is 0 Å². The van der Waals surface area contributed by atoms with Gasteiger partial charge in [0.1, 0.15) is 96.2 Å². The molecule has 12 bridgehead atoms. The van der Waals surface area contributed by atoms with Crippen molar-refractivity contribution >= 4 is 158 Å². The fourth-order valence-electron chi connectivity index (χ4n) is 20.4. The third-order valence-electron chi connectivity index (χ3n) is 26.5. The smallest absolute Gasteiger partial charge is 0.344 e. The Balaban J connectivity index is 0.000000150. The molecule has 18 heterocycles. The third-order valence-corrected chi connectivity index (χ3v) is 37.3. The fraction of sp³-hybridized carbons (Fsp3) is 0.647. The Morgan fingerprint density at radius 2 is 0.826 bits per heavy atom. The van der Waals surface area contributed by atoms with Crippen LogP contribution in [0.1, 0.15) is 87.0 Å². The molecule has 58 nitrogen and oxygen atoms in total. The molecule has 0 N–H and O–H groups in total. The first-order chi connectivity index (χ1) is 69.6. The van der Waals surface area contributed by atoms with Gasteiger partial charge in [-0.1, -0.05) is 39.5 Å². The zero-order chi connectivity index (χ0) is 110. The highest BCUT2D eigenvalue weighted by Gasteiger charge is 2.85. The number of hydrogen-bond donors (Lipinski definition) is 0. The largest absolute Gasteiger partial charge is 0.468 e. The molecule has 0 spiro atoms. The molecule has 0 aromatic rings. The van der Waals surface area contributed by atoms with E-state index in [1.807, 2.05) is 0 Å². The Hall–Kier alpha value is -11.8. The molecular weight excluding hydrogens is 2140 g/mol. The van der Waals surface area contributed by atoms with Crippen molar-refractivity contribution in [3.63, 3.8) is 0 Å². The number of carbonyl (C=O) groups excluding carboxylic acids is 16. The summed E-state index contributed by atoms with van der Waals surface area (Å²) >= 11 is 0. The molecule has 18 rings (SSSR count).